The number of hydrogen-bond acceptors (Lipinski definition) is 3. The van der Waals surface area contributed by atoms with Crippen LogP contribution in [0.1, 0.15) is 12.8 Å². The van der Waals surface area contributed by atoms with E-state index >= 15 is 0 Å². The molecule has 3 nitrogen and oxygen atoms in total. The minimum Gasteiger partial charge on any atom is -0.395 e. The number of hydrogen-bond donors (Lipinski definition) is 3. The molecule has 1 aliphatic heterocycles. The molecule has 1 aliphatic rings. The van der Waals surface area contributed by atoms with Crippen molar-refractivity contribution in [3.63, 3.8) is 0 Å². The van der Waals surface area contributed by atoms with Gasteiger partial charge in [-0.05, 0) is 19.4 Å². The number of rotatable bonds is 4. The Hall–Kier alpha value is -0.120. The van der Waals surface area contributed by atoms with E-state index in [1.807, 2.05) is 0 Å². The summed E-state index contributed by atoms with van der Waals surface area (Å²) >= 11 is 0. The summed E-state index contributed by atoms with van der Waals surface area (Å²) < 4.78 is 0. The Morgan fingerprint density at radius 1 is 1.60 bits per heavy atom. The van der Waals surface area contributed by atoms with E-state index in [4.69, 9.17) is 5.11 Å². The monoisotopic (exact) mass is 144 g/mol. The number of nitrogens with one attached hydrogen (secondary N) is 2. The van der Waals surface area contributed by atoms with E-state index in [9.17, 15) is 0 Å². The van der Waals surface area contributed by atoms with Gasteiger partial charge in [0.25, 0.3) is 0 Å². The molecule has 0 aromatic carbocycles. The second-order valence-electron chi connectivity index (χ2n) is 2.72. The maximum Gasteiger partial charge on any atom is 0.0555 e. The van der Waals surface area contributed by atoms with E-state index in [-0.39, 0.29) is 6.61 Å². The molecule has 1 fully saturated rings. The van der Waals surface area contributed by atoms with E-state index in [2.05, 4.69) is 10.6 Å². The van der Waals surface area contributed by atoms with Crippen LogP contribution in [0.5, 0.6) is 0 Å². The highest BCUT2D eigenvalue weighted by atomic mass is 16.3. The van der Waals surface area contributed by atoms with Gasteiger partial charge in [0.05, 0.1) is 6.61 Å². The van der Waals surface area contributed by atoms with Gasteiger partial charge in [-0.2, -0.15) is 0 Å². The molecule has 1 atom stereocenters. The Morgan fingerprint density at radius 3 is 3.10 bits per heavy atom. The minimum atomic E-state index is 0.243. The van der Waals surface area contributed by atoms with E-state index in [1.165, 1.54) is 12.8 Å². The van der Waals surface area contributed by atoms with Crippen molar-refractivity contribution in [1.82, 2.24) is 10.6 Å². The van der Waals surface area contributed by atoms with Crippen LogP contribution in [0.15, 0.2) is 0 Å². The second-order valence-corrected chi connectivity index (χ2v) is 2.72. The van der Waals surface area contributed by atoms with Gasteiger partial charge in [-0.25, -0.2) is 0 Å². The highest BCUT2D eigenvalue weighted by molar-refractivity contribution is 4.75. The third kappa shape index (κ3) is 2.64. The van der Waals surface area contributed by atoms with Gasteiger partial charge in [0.1, 0.15) is 0 Å². The normalized spacial score (nSPS) is 25.5. The smallest absolute Gasteiger partial charge is 0.0555 e. The first kappa shape index (κ1) is 7.98. The molecule has 0 aromatic rings. The van der Waals surface area contributed by atoms with Crippen LogP contribution in [0.25, 0.3) is 0 Å². The average Bonchev–Trinajstić information content (AvgIpc) is 2.41. The molecule has 0 saturated carbocycles. The summed E-state index contributed by atoms with van der Waals surface area (Å²) in [6.07, 6.45) is 2.57. The summed E-state index contributed by atoms with van der Waals surface area (Å²) in [5.41, 5.74) is 0. The topological polar surface area (TPSA) is 44.3 Å². The van der Waals surface area contributed by atoms with Crippen molar-refractivity contribution < 1.29 is 5.11 Å². The van der Waals surface area contributed by atoms with E-state index in [0.717, 1.165) is 19.6 Å². The molecule has 0 spiro atoms. The van der Waals surface area contributed by atoms with Gasteiger partial charge in [-0.15, -0.1) is 0 Å². The van der Waals surface area contributed by atoms with Crippen LogP contribution in [0.3, 0.4) is 0 Å². The number of aliphatic hydroxyl groups excluding tert-OH is 1. The molecular weight excluding hydrogens is 128 g/mol. The zero-order chi connectivity index (χ0) is 7.23. The summed E-state index contributed by atoms with van der Waals surface area (Å²) in [6, 6.07) is 0.645. The fourth-order valence-electron chi connectivity index (χ4n) is 1.29. The van der Waals surface area contributed by atoms with Gasteiger partial charge >= 0.3 is 0 Å². The van der Waals surface area contributed by atoms with Crippen LogP contribution in [0, 0.1) is 0 Å². The molecule has 1 rings (SSSR count). The predicted octanol–water partition coefficient (Wildman–Crippen LogP) is -0.680. The van der Waals surface area contributed by atoms with Crippen LogP contribution in [0.4, 0.5) is 0 Å². The molecule has 0 radical (unpaired) electrons. The van der Waals surface area contributed by atoms with Crippen LogP contribution in [-0.2, 0) is 0 Å². The van der Waals surface area contributed by atoms with Crippen LogP contribution < -0.4 is 10.6 Å². The van der Waals surface area contributed by atoms with Gasteiger partial charge in [-0.1, -0.05) is 0 Å². The largest absolute Gasteiger partial charge is 0.395 e. The number of aliphatic hydroxyl groups is 1. The molecule has 0 aliphatic carbocycles. The van der Waals surface area contributed by atoms with Crippen molar-refractivity contribution in [2.45, 2.75) is 18.9 Å². The SMILES string of the molecule is OCCNCC1CCCN1. The summed E-state index contributed by atoms with van der Waals surface area (Å²) in [5, 5.41) is 15.0. The first-order valence-corrected chi connectivity index (χ1v) is 3.98. The zero-order valence-electron chi connectivity index (χ0n) is 6.27. The van der Waals surface area contributed by atoms with Gasteiger partial charge in [0.15, 0.2) is 0 Å². The molecule has 0 amide bonds. The highest BCUT2D eigenvalue weighted by Crippen LogP contribution is 2.02. The molecule has 0 bridgehead atoms. The van der Waals surface area contributed by atoms with E-state index in [1.54, 1.807) is 0 Å². The fourth-order valence-corrected chi connectivity index (χ4v) is 1.29. The van der Waals surface area contributed by atoms with Gasteiger partial charge in [0, 0.05) is 19.1 Å². The summed E-state index contributed by atoms with van der Waals surface area (Å²) in [6.45, 7) is 3.12. The lowest BCUT2D eigenvalue weighted by Crippen LogP contribution is -2.35. The lowest BCUT2D eigenvalue weighted by molar-refractivity contribution is 0.290. The maximum atomic E-state index is 8.46. The minimum absolute atomic E-state index is 0.243. The summed E-state index contributed by atoms with van der Waals surface area (Å²) in [7, 11) is 0. The van der Waals surface area contributed by atoms with E-state index < -0.39 is 0 Å². The third-order valence-corrected chi connectivity index (χ3v) is 1.84. The zero-order valence-corrected chi connectivity index (χ0v) is 6.27. The Bertz CT molecular complexity index is 81.7. The fraction of sp³-hybridized carbons (Fsp3) is 1.00. The van der Waals surface area contributed by atoms with Crippen molar-refractivity contribution in [2.24, 2.45) is 0 Å². The van der Waals surface area contributed by atoms with Crippen molar-refractivity contribution in [1.29, 1.82) is 0 Å². The van der Waals surface area contributed by atoms with Crippen LogP contribution in [-0.4, -0.2) is 37.4 Å². The molecule has 3 N–H and O–H groups in total. The van der Waals surface area contributed by atoms with Crippen molar-refractivity contribution >= 4 is 0 Å². The maximum absolute atomic E-state index is 8.46. The molecule has 3 heteroatoms. The molecule has 1 heterocycles. The van der Waals surface area contributed by atoms with Gasteiger partial charge in [0.2, 0.25) is 0 Å². The third-order valence-electron chi connectivity index (χ3n) is 1.84. The first-order valence-electron chi connectivity index (χ1n) is 3.98. The van der Waals surface area contributed by atoms with Gasteiger partial charge in [-0.3, -0.25) is 0 Å². The lowest BCUT2D eigenvalue weighted by Gasteiger charge is -2.09. The Balaban J connectivity index is 1.91. The molecule has 60 valence electrons. The second kappa shape index (κ2) is 4.66. The Labute approximate surface area is 61.8 Å². The summed E-state index contributed by atoms with van der Waals surface area (Å²) in [4.78, 5) is 0. The van der Waals surface area contributed by atoms with Crippen molar-refractivity contribution in [2.75, 3.05) is 26.2 Å². The van der Waals surface area contributed by atoms with Crippen molar-refractivity contribution in [3.8, 4) is 0 Å². The van der Waals surface area contributed by atoms with Crippen LogP contribution >= 0.6 is 0 Å². The van der Waals surface area contributed by atoms with Crippen molar-refractivity contribution in [3.05, 3.63) is 0 Å². The highest BCUT2D eigenvalue weighted by Gasteiger charge is 2.11. The predicted molar refractivity (Wildman–Crippen MR) is 41.0 cm³/mol. The first-order chi connectivity index (χ1) is 4.93. The standard InChI is InChI=1S/C7H16N2O/c10-5-4-8-6-7-2-1-3-9-7/h7-10H,1-6H2. The molecule has 0 aromatic heterocycles. The Morgan fingerprint density at radius 2 is 2.50 bits per heavy atom. The molecule has 1 saturated heterocycles. The lowest BCUT2D eigenvalue weighted by atomic mass is 10.2. The average molecular weight is 144 g/mol. The molecular formula is C7H16N2O. The quantitative estimate of drug-likeness (QED) is 0.458. The molecule has 1 unspecified atom stereocenters. The van der Waals surface area contributed by atoms with Crippen LogP contribution in [0.2, 0.25) is 0 Å². The van der Waals surface area contributed by atoms with E-state index in [0.29, 0.717) is 6.04 Å². The Kier molecular flexibility index (Phi) is 3.72. The summed E-state index contributed by atoms with van der Waals surface area (Å²) in [5.74, 6) is 0. The van der Waals surface area contributed by atoms with Gasteiger partial charge < -0.3 is 15.7 Å². The molecule has 10 heavy (non-hydrogen) atoms.